The van der Waals surface area contributed by atoms with E-state index < -0.39 is 6.55 Å². The lowest BCUT2D eigenvalue weighted by Crippen LogP contribution is -1.99. The molecule has 10 heteroatoms. The molecule has 0 saturated heterocycles. The molecule has 0 amide bonds. The second kappa shape index (κ2) is 5.29. The molecule has 24 heavy (non-hydrogen) atoms. The van der Waals surface area contributed by atoms with Crippen LogP contribution >= 0.6 is 23.2 Å². The molecule has 0 aliphatic heterocycles. The minimum absolute atomic E-state index is 0.213. The molecule has 4 aromatic rings. The number of aromatic amines is 2. The Hall–Kier alpha value is -2.45. The lowest BCUT2D eigenvalue weighted by atomic mass is 10.1. The summed E-state index contributed by atoms with van der Waals surface area (Å²) >= 11 is 12.4. The van der Waals surface area contributed by atoms with Crippen LogP contribution in [-0.4, -0.2) is 24.7 Å². The van der Waals surface area contributed by atoms with Crippen LogP contribution in [0.15, 0.2) is 29.2 Å². The topological polar surface area (TPSA) is 79.4 Å². The van der Waals surface area contributed by atoms with Crippen molar-refractivity contribution in [2.75, 3.05) is 0 Å². The summed E-state index contributed by atoms with van der Waals surface area (Å²) in [5, 5.41) is 4.19. The van der Waals surface area contributed by atoms with Gasteiger partial charge < -0.3 is 4.98 Å². The molecule has 0 aliphatic carbocycles. The van der Waals surface area contributed by atoms with Crippen LogP contribution in [0.5, 0.6) is 0 Å². The van der Waals surface area contributed by atoms with E-state index >= 15 is 0 Å². The van der Waals surface area contributed by atoms with E-state index in [-0.39, 0.29) is 21.4 Å². The van der Waals surface area contributed by atoms with Crippen molar-refractivity contribution in [1.29, 1.82) is 0 Å². The van der Waals surface area contributed by atoms with Gasteiger partial charge in [-0.3, -0.25) is 4.98 Å². The Morgan fingerprint density at radius 2 is 1.96 bits per heavy atom. The second-order valence-electron chi connectivity index (χ2n) is 5.03. The van der Waals surface area contributed by atoms with Crippen LogP contribution in [-0.2, 0) is 0 Å². The monoisotopic (exact) mass is 369 g/mol. The molecule has 3 heterocycles. The Kier molecular flexibility index (Phi) is 3.33. The first kappa shape index (κ1) is 15.1. The molecular weight excluding hydrogens is 363 g/mol. The highest BCUT2D eigenvalue weighted by atomic mass is 35.5. The van der Waals surface area contributed by atoms with Gasteiger partial charge in [-0.05, 0) is 12.1 Å². The second-order valence-corrected chi connectivity index (χ2v) is 5.76. The maximum atomic E-state index is 12.8. The number of fused-ring (bicyclic) bond motifs is 2. The first-order chi connectivity index (χ1) is 11.5. The van der Waals surface area contributed by atoms with Crippen LogP contribution in [0, 0.1) is 0 Å². The minimum Gasteiger partial charge on any atom is -0.304 e. The summed E-state index contributed by atoms with van der Waals surface area (Å²) < 4.78 is 26.1. The highest BCUT2D eigenvalue weighted by Gasteiger charge is 2.19. The Morgan fingerprint density at radius 3 is 2.67 bits per heavy atom. The van der Waals surface area contributed by atoms with Gasteiger partial charge in [0, 0.05) is 16.5 Å². The van der Waals surface area contributed by atoms with E-state index in [1.54, 1.807) is 18.2 Å². The van der Waals surface area contributed by atoms with Crippen LogP contribution in [0.2, 0.25) is 10.2 Å². The van der Waals surface area contributed by atoms with Crippen LogP contribution in [0.1, 0.15) is 6.55 Å². The number of nitrogens with one attached hydrogen (secondary N) is 2. The van der Waals surface area contributed by atoms with Gasteiger partial charge in [0.05, 0.1) is 22.3 Å². The van der Waals surface area contributed by atoms with Crippen molar-refractivity contribution in [3.05, 3.63) is 45.1 Å². The highest BCUT2D eigenvalue weighted by molar-refractivity contribution is 6.39. The van der Waals surface area contributed by atoms with Crippen molar-refractivity contribution in [3.8, 4) is 11.1 Å². The highest BCUT2D eigenvalue weighted by Crippen LogP contribution is 2.38. The molecule has 122 valence electrons. The zero-order chi connectivity index (χ0) is 17.0. The predicted molar refractivity (Wildman–Crippen MR) is 86.7 cm³/mol. The number of hydrogen-bond donors (Lipinski definition) is 2. The maximum absolute atomic E-state index is 12.8. The SMILES string of the molecule is O=c1[nH]c2cc3c(Cl)c(-c4cnn(C(F)F)c4Cl)ccc3nc2[nH]1. The van der Waals surface area contributed by atoms with Crippen LogP contribution in [0.4, 0.5) is 8.78 Å². The molecule has 0 unspecified atom stereocenters. The number of benzene rings is 1. The molecule has 3 aromatic heterocycles. The molecule has 2 N–H and O–H groups in total. The van der Waals surface area contributed by atoms with E-state index in [1.807, 2.05) is 0 Å². The van der Waals surface area contributed by atoms with Gasteiger partial charge in [0.25, 0.3) is 0 Å². The Morgan fingerprint density at radius 1 is 1.17 bits per heavy atom. The fraction of sp³-hybridized carbons (Fsp3) is 0.0714. The van der Waals surface area contributed by atoms with Gasteiger partial charge in [0.15, 0.2) is 5.65 Å². The van der Waals surface area contributed by atoms with Gasteiger partial charge in [-0.1, -0.05) is 29.3 Å². The third kappa shape index (κ3) is 2.18. The number of aromatic nitrogens is 5. The van der Waals surface area contributed by atoms with E-state index in [2.05, 4.69) is 20.1 Å². The molecule has 0 radical (unpaired) electrons. The lowest BCUT2D eigenvalue weighted by molar-refractivity contribution is 0.0570. The van der Waals surface area contributed by atoms with Crippen molar-refractivity contribution in [3.63, 3.8) is 0 Å². The number of alkyl halides is 2. The summed E-state index contributed by atoms with van der Waals surface area (Å²) in [7, 11) is 0. The Bertz CT molecular complexity index is 1150. The van der Waals surface area contributed by atoms with Gasteiger partial charge in [0.2, 0.25) is 0 Å². The van der Waals surface area contributed by atoms with Gasteiger partial charge in [0.1, 0.15) is 5.15 Å². The van der Waals surface area contributed by atoms with Crippen LogP contribution in [0.25, 0.3) is 33.2 Å². The van der Waals surface area contributed by atoms with E-state index in [9.17, 15) is 13.6 Å². The smallest absolute Gasteiger partial charge is 0.304 e. The summed E-state index contributed by atoms with van der Waals surface area (Å²) in [6.45, 7) is -2.85. The van der Waals surface area contributed by atoms with Crippen molar-refractivity contribution in [1.82, 2.24) is 24.7 Å². The minimum atomic E-state index is -2.85. The largest absolute Gasteiger partial charge is 0.334 e. The molecule has 0 bridgehead atoms. The average molecular weight is 370 g/mol. The summed E-state index contributed by atoms with van der Waals surface area (Å²) in [4.78, 5) is 20.8. The number of H-pyrrole nitrogens is 2. The summed E-state index contributed by atoms with van der Waals surface area (Å²) in [5.41, 5.74) is 1.78. The molecule has 4 rings (SSSR count). The van der Waals surface area contributed by atoms with E-state index in [4.69, 9.17) is 23.2 Å². The predicted octanol–water partition coefficient (Wildman–Crippen LogP) is 3.97. The summed E-state index contributed by atoms with van der Waals surface area (Å²) in [6.07, 6.45) is 1.23. The van der Waals surface area contributed by atoms with Crippen molar-refractivity contribution in [2.45, 2.75) is 6.55 Å². The molecule has 1 aromatic carbocycles. The molecule has 0 aliphatic rings. The Balaban J connectivity index is 1.98. The zero-order valence-corrected chi connectivity index (χ0v) is 13.2. The lowest BCUT2D eigenvalue weighted by Gasteiger charge is -2.07. The first-order valence-corrected chi connectivity index (χ1v) is 7.44. The number of imidazole rings is 1. The van der Waals surface area contributed by atoms with E-state index in [0.717, 1.165) is 0 Å². The van der Waals surface area contributed by atoms with Crippen molar-refractivity contribution in [2.24, 2.45) is 0 Å². The number of pyridine rings is 1. The first-order valence-electron chi connectivity index (χ1n) is 6.68. The van der Waals surface area contributed by atoms with Crippen LogP contribution in [0.3, 0.4) is 0 Å². The molecule has 0 spiro atoms. The van der Waals surface area contributed by atoms with Gasteiger partial charge in [-0.25, -0.2) is 9.78 Å². The molecule has 0 fully saturated rings. The van der Waals surface area contributed by atoms with Gasteiger partial charge >= 0.3 is 12.2 Å². The van der Waals surface area contributed by atoms with Crippen molar-refractivity contribution < 1.29 is 8.78 Å². The number of hydrogen-bond acceptors (Lipinski definition) is 3. The van der Waals surface area contributed by atoms with E-state index in [1.165, 1.54) is 6.20 Å². The average Bonchev–Trinajstić information content (AvgIpc) is 3.07. The fourth-order valence-corrected chi connectivity index (χ4v) is 3.12. The maximum Gasteiger partial charge on any atom is 0.334 e. The molecule has 6 nitrogen and oxygen atoms in total. The molecular formula is C14H7Cl2F2N5O. The number of halogens is 4. The normalized spacial score (nSPS) is 11.9. The quantitative estimate of drug-likeness (QED) is 0.560. The zero-order valence-electron chi connectivity index (χ0n) is 11.6. The van der Waals surface area contributed by atoms with Gasteiger partial charge in [-0.15, -0.1) is 0 Å². The summed E-state index contributed by atoms with van der Waals surface area (Å²) in [5.74, 6) is 0. The van der Waals surface area contributed by atoms with Crippen LogP contribution < -0.4 is 5.69 Å². The fourth-order valence-electron chi connectivity index (χ4n) is 2.53. The van der Waals surface area contributed by atoms with Gasteiger partial charge in [-0.2, -0.15) is 18.6 Å². The Labute approximate surface area is 142 Å². The molecule has 0 saturated carbocycles. The number of rotatable bonds is 2. The molecule has 0 atom stereocenters. The van der Waals surface area contributed by atoms with Crippen molar-refractivity contribution >= 4 is 45.3 Å². The summed E-state index contributed by atoms with van der Waals surface area (Å²) in [6, 6.07) is 4.94. The van der Waals surface area contributed by atoms with E-state index in [0.29, 0.717) is 32.3 Å². The third-order valence-electron chi connectivity index (χ3n) is 3.62. The standard InChI is InChI=1S/C14H7Cl2F2N5O/c15-10-5(7-4-19-23(11(7)16)13(17)18)1-2-8-6(10)3-9-12(20-8)22-14(24)21-9/h1-4,13H,(H2,20,21,22,24). The number of nitrogens with zero attached hydrogens (tertiary/aromatic N) is 3. The third-order valence-corrected chi connectivity index (χ3v) is 4.41.